The molecular formula is C19H18N4S. The predicted octanol–water partition coefficient (Wildman–Crippen LogP) is 4.34. The number of hydrogen-bond donors (Lipinski definition) is 0. The van der Waals surface area contributed by atoms with Crippen LogP contribution in [0.1, 0.15) is 11.4 Å². The molecule has 0 saturated carbocycles. The quantitative estimate of drug-likeness (QED) is 0.521. The highest BCUT2D eigenvalue weighted by molar-refractivity contribution is 7.98. The lowest BCUT2D eigenvalue weighted by Crippen LogP contribution is -1.89. The molecule has 120 valence electrons. The normalized spacial score (nSPS) is 11.2. The highest BCUT2D eigenvalue weighted by Gasteiger charge is 2.10. The maximum absolute atomic E-state index is 4.76. The number of benzene rings is 1. The molecule has 4 rings (SSSR count). The first-order chi connectivity index (χ1) is 11.7. The van der Waals surface area contributed by atoms with Gasteiger partial charge in [0.25, 0.3) is 0 Å². The fraction of sp³-hybridized carbons (Fsp3) is 0.158. The maximum Gasteiger partial charge on any atom is 0.168 e. The first-order valence-corrected chi connectivity index (χ1v) is 8.84. The fourth-order valence-corrected chi connectivity index (χ4v) is 3.57. The Hall–Kier alpha value is -2.53. The van der Waals surface area contributed by atoms with E-state index in [1.807, 2.05) is 37.4 Å². The molecule has 0 radical (unpaired) electrons. The summed E-state index contributed by atoms with van der Waals surface area (Å²) in [5.41, 5.74) is 5.41. The van der Waals surface area contributed by atoms with E-state index >= 15 is 0 Å². The van der Waals surface area contributed by atoms with Crippen LogP contribution >= 0.6 is 11.8 Å². The maximum atomic E-state index is 4.76. The molecule has 1 aromatic carbocycles. The summed E-state index contributed by atoms with van der Waals surface area (Å²) >= 11 is 1.71. The number of pyridine rings is 1. The lowest BCUT2D eigenvalue weighted by atomic mass is 10.2. The van der Waals surface area contributed by atoms with Gasteiger partial charge in [0.2, 0.25) is 0 Å². The minimum absolute atomic E-state index is 0.806. The molecule has 3 aromatic heterocycles. The van der Waals surface area contributed by atoms with Crippen LogP contribution in [0.2, 0.25) is 0 Å². The van der Waals surface area contributed by atoms with E-state index in [-0.39, 0.29) is 0 Å². The molecule has 24 heavy (non-hydrogen) atoms. The topological polar surface area (TPSA) is 35.1 Å². The van der Waals surface area contributed by atoms with Gasteiger partial charge in [-0.3, -0.25) is 0 Å². The molecule has 0 amide bonds. The molecule has 0 bridgehead atoms. The number of nitrogens with zero attached hydrogens (tertiary/aromatic N) is 4. The summed E-state index contributed by atoms with van der Waals surface area (Å²) in [7, 11) is 2.04. The summed E-state index contributed by atoms with van der Waals surface area (Å²) in [5.74, 6) is 0.806. The third-order valence-electron chi connectivity index (χ3n) is 4.00. The molecule has 0 saturated heterocycles. The average Bonchev–Trinajstić information content (AvgIpc) is 3.18. The van der Waals surface area contributed by atoms with Gasteiger partial charge in [0.15, 0.2) is 5.16 Å². The monoisotopic (exact) mass is 334 g/mol. The Kier molecular flexibility index (Phi) is 3.86. The zero-order valence-corrected chi connectivity index (χ0v) is 14.5. The third kappa shape index (κ3) is 2.83. The second kappa shape index (κ2) is 6.17. The van der Waals surface area contributed by atoms with Gasteiger partial charge in [-0.05, 0) is 19.1 Å². The summed E-state index contributed by atoms with van der Waals surface area (Å²) in [5, 5.41) is 1.00. The van der Waals surface area contributed by atoms with Crippen molar-refractivity contribution < 1.29 is 0 Å². The van der Waals surface area contributed by atoms with Crippen LogP contribution < -0.4 is 0 Å². The zero-order valence-electron chi connectivity index (χ0n) is 13.7. The van der Waals surface area contributed by atoms with Gasteiger partial charge in [-0.25, -0.2) is 9.97 Å². The van der Waals surface area contributed by atoms with Gasteiger partial charge in [0.05, 0.1) is 11.4 Å². The number of thioether (sulfide) groups is 1. The second-order valence-electron chi connectivity index (χ2n) is 5.80. The average molecular weight is 334 g/mol. The molecule has 5 heteroatoms. The Bertz CT molecular complexity index is 985. The lowest BCUT2D eigenvalue weighted by molar-refractivity contribution is 0.790. The summed E-state index contributed by atoms with van der Waals surface area (Å²) in [4.78, 5) is 9.45. The first kappa shape index (κ1) is 15.0. The highest BCUT2D eigenvalue weighted by atomic mass is 32.2. The van der Waals surface area contributed by atoms with Gasteiger partial charge in [0.1, 0.15) is 5.65 Å². The fourth-order valence-electron chi connectivity index (χ4n) is 2.74. The predicted molar refractivity (Wildman–Crippen MR) is 98.1 cm³/mol. The Morgan fingerprint density at radius 3 is 2.58 bits per heavy atom. The Balaban J connectivity index is 1.55. The first-order valence-electron chi connectivity index (χ1n) is 7.86. The molecule has 0 aliphatic heterocycles. The van der Waals surface area contributed by atoms with Gasteiger partial charge < -0.3 is 8.97 Å². The highest BCUT2D eigenvalue weighted by Crippen LogP contribution is 2.26. The van der Waals surface area contributed by atoms with Crippen LogP contribution in [0.25, 0.3) is 16.9 Å². The molecule has 3 heterocycles. The largest absolute Gasteiger partial charge is 0.328 e. The Labute approximate surface area is 145 Å². The van der Waals surface area contributed by atoms with Crippen molar-refractivity contribution >= 4 is 17.4 Å². The molecule has 0 N–H and O–H groups in total. The zero-order chi connectivity index (χ0) is 16.5. The van der Waals surface area contributed by atoms with Gasteiger partial charge in [0, 0.05) is 36.5 Å². The van der Waals surface area contributed by atoms with Crippen molar-refractivity contribution in [3.8, 4) is 11.3 Å². The van der Waals surface area contributed by atoms with Gasteiger partial charge in [-0.1, -0.05) is 48.2 Å². The summed E-state index contributed by atoms with van der Waals surface area (Å²) in [6, 6.07) is 16.4. The molecule has 0 atom stereocenters. The SMILES string of the molecule is Cc1cccc2nc(CSc3nc(-c4ccccc4)cn3C)cn12. The number of imidazole rings is 2. The van der Waals surface area contributed by atoms with Crippen molar-refractivity contribution in [1.29, 1.82) is 0 Å². The van der Waals surface area contributed by atoms with E-state index in [9.17, 15) is 0 Å². The van der Waals surface area contributed by atoms with Crippen LogP contribution in [-0.2, 0) is 12.8 Å². The Morgan fingerprint density at radius 2 is 1.79 bits per heavy atom. The molecule has 4 aromatic rings. The van der Waals surface area contributed by atoms with E-state index in [0.29, 0.717) is 0 Å². The van der Waals surface area contributed by atoms with Crippen LogP contribution in [0.15, 0.2) is 66.1 Å². The van der Waals surface area contributed by atoms with Gasteiger partial charge in [-0.2, -0.15) is 0 Å². The summed E-state index contributed by atoms with van der Waals surface area (Å²) < 4.78 is 4.21. The Morgan fingerprint density at radius 1 is 0.958 bits per heavy atom. The molecular weight excluding hydrogens is 316 g/mol. The van der Waals surface area contributed by atoms with Crippen molar-refractivity contribution in [2.45, 2.75) is 17.8 Å². The van der Waals surface area contributed by atoms with Crippen molar-refractivity contribution in [2.24, 2.45) is 7.05 Å². The standard InChI is InChI=1S/C19H18N4S/c1-14-7-6-10-18-20-16(11-23(14)18)13-24-19-21-17(12-22(19)2)15-8-4-3-5-9-15/h3-12H,13H2,1-2H3. The number of aryl methyl sites for hydroxylation is 2. The van der Waals surface area contributed by atoms with Crippen LogP contribution in [0, 0.1) is 6.92 Å². The van der Waals surface area contributed by atoms with Crippen LogP contribution in [-0.4, -0.2) is 18.9 Å². The van der Waals surface area contributed by atoms with Crippen LogP contribution in [0.4, 0.5) is 0 Å². The number of rotatable bonds is 4. The summed E-state index contributed by atoms with van der Waals surface area (Å²) in [6.45, 7) is 2.09. The smallest absolute Gasteiger partial charge is 0.168 e. The van der Waals surface area contributed by atoms with Crippen LogP contribution in [0.5, 0.6) is 0 Å². The van der Waals surface area contributed by atoms with E-state index in [2.05, 4.69) is 51.5 Å². The molecule has 0 spiro atoms. The van der Waals surface area contributed by atoms with Gasteiger partial charge in [-0.15, -0.1) is 0 Å². The lowest BCUT2D eigenvalue weighted by Gasteiger charge is -1.98. The number of aromatic nitrogens is 4. The van der Waals surface area contributed by atoms with E-state index in [4.69, 9.17) is 4.98 Å². The van der Waals surface area contributed by atoms with E-state index < -0.39 is 0 Å². The van der Waals surface area contributed by atoms with Crippen molar-refractivity contribution in [3.63, 3.8) is 0 Å². The van der Waals surface area contributed by atoms with E-state index in [1.54, 1.807) is 11.8 Å². The van der Waals surface area contributed by atoms with Crippen molar-refractivity contribution in [2.75, 3.05) is 0 Å². The van der Waals surface area contributed by atoms with Crippen molar-refractivity contribution in [1.82, 2.24) is 18.9 Å². The second-order valence-corrected chi connectivity index (χ2v) is 6.74. The molecule has 0 aliphatic rings. The van der Waals surface area contributed by atoms with Crippen LogP contribution in [0.3, 0.4) is 0 Å². The molecule has 4 nitrogen and oxygen atoms in total. The molecule has 0 fully saturated rings. The summed E-state index contributed by atoms with van der Waals surface area (Å²) in [6.07, 6.45) is 4.18. The number of hydrogen-bond acceptors (Lipinski definition) is 3. The van der Waals surface area contributed by atoms with Crippen molar-refractivity contribution in [3.05, 3.63) is 72.3 Å². The minimum Gasteiger partial charge on any atom is -0.328 e. The van der Waals surface area contributed by atoms with Gasteiger partial charge >= 0.3 is 0 Å². The number of fused-ring (bicyclic) bond motifs is 1. The minimum atomic E-state index is 0.806. The van der Waals surface area contributed by atoms with E-state index in [1.165, 1.54) is 5.69 Å². The molecule has 0 aliphatic carbocycles. The van der Waals surface area contributed by atoms with E-state index in [0.717, 1.165) is 33.5 Å². The third-order valence-corrected chi connectivity index (χ3v) is 5.08. The molecule has 0 unspecified atom stereocenters.